The average molecular weight is 303 g/mol. The minimum atomic E-state index is -3.77. The molecule has 0 spiro atoms. The third-order valence-corrected chi connectivity index (χ3v) is 5.50. The summed E-state index contributed by atoms with van der Waals surface area (Å²) in [5.41, 5.74) is 5.64. The molecule has 4 N–H and O–H groups in total. The van der Waals surface area contributed by atoms with Gasteiger partial charge in [-0.05, 0) is 25.8 Å². The van der Waals surface area contributed by atoms with E-state index < -0.39 is 10.0 Å². The van der Waals surface area contributed by atoms with E-state index in [-0.39, 0.29) is 16.8 Å². The average Bonchev–Trinajstić information content (AvgIpc) is 2.92. The molecule has 6 nitrogen and oxygen atoms in total. The lowest BCUT2D eigenvalue weighted by atomic mass is 10.2. The van der Waals surface area contributed by atoms with Crippen LogP contribution in [0.15, 0.2) is 11.0 Å². The van der Waals surface area contributed by atoms with Crippen LogP contribution in [0, 0.1) is 6.92 Å². The molecule has 1 aliphatic heterocycles. The lowest BCUT2D eigenvalue weighted by molar-refractivity contribution is 0.0746. The Morgan fingerprint density at radius 2 is 2.26 bits per heavy atom. The number of nitrogens with two attached hydrogens (primary N) is 2. The molecule has 1 fully saturated rings. The van der Waals surface area contributed by atoms with Crippen molar-refractivity contribution in [2.24, 2.45) is 10.9 Å². The van der Waals surface area contributed by atoms with Gasteiger partial charge in [-0.1, -0.05) is 0 Å². The molecule has 0 aliphatic carbocycles. The number of carbonyl (C=O) groups excluding carboxylic acids is 1. The minimum Gasteiger partial charge on any atom is -0.334 e. The van der Waals surface area contributed by atoms with Crippen molar-refractivity contribution < 1.29 is 13.2 Å². The molecule has 2 rings (SSSR count). The fraction of sp³-hybridized carbons (Fsp3) is 0.545. The van der Waals surface area contributed by atoms with E-state index >= 15 is 0 Å². The van der Waals surface area contributed by atoms with Crippen molar-refractivity contribution in [3.63, 3.8) is 0 Å². The van der Waals surface area contributed by atoms with Gasteiger partial charge in [0.05, 0.1) is 9.77 Å². The first kappa shape index (κ1) is 14.4. The van der Waals surface area contributed by atoms with E-state index in [1.165, 1.54) is 6.07 Å². The van der Waals surface area contributed by atoms with Crippen LogP contribution < -0.4 is 10.9 Å². The van der Waals surface area contributed by atoms with Crippen LogP contribution in [0.1, 0.15) is 27.4 Å². The second kappa shape index (κ2) is 5.20. The lowest BCUT2D eigenvalue weighted by Gasteiger charge is -2.22. The molecular formula is C11H17N3O3S2. The second-order valence-electron chi connectivity index (χ2n) is 4.61. The summed E-state index contributed by atoms with van der Waals surface area (Å²) < 4.78 is 22.7. The molecule has 0 aromatic carbocycles. The van der Waals surface area contributed by atoms with Gasteiger partial charge >= 0.3 is 0 Å². The fourth-order valence-electron chi connectivity index (χ4n) is 2.34. The number of likely N-dealkylation sites (tertiary alicyclic amines) is 1. The highest BCUT2D eigenvalue weighted by Crippen LogP contribution is 2.28. The maximum Gasteiger partial charge on any atom is 0.264 e. The number of amides is 1. The van der Waals surface area contributed by atoms with Gasteiger partial charge in [0.15, 0.2) is 0 Å². The molecule has 0 saturated carbocycles. The van der Waals surface area contributed by atoms with Crippen LogP contribution in [-0.4, -0.2) is 38.4 Å². The van der Waals surface area contributed by atoms with Crippen LogP contribution in [0.25, 0.3) is 0 Å². The molecule has 0 radical (unpaired) electrons. The highest BCUT2D eigenvalue weighted by Gasteiger charge is 2.30. The molecule has 2 heterocycles. The summed E-state index contributed by atoms with van der Waals surface area (Å²) in [5.74, 6) is -0.157. The van der Waals surface area contributed by atoms with Crippen molar-refractivity contribution in [3.05, 3.63) is 15.8 Å². The molecule has 1 aliphatic rings. The molecule has 19 heavy (non-hydrogen) atoms. The summed E-state index contributed by atoms with van der Waals surface area (Å²) in [6, 6.07) is 1.41. The predicted molar refractivity (Wildman–Crippen MR) is 73.5 cm³/mol. The van der Waals surface area contributed by atoms with Crippen molar-refractivity contribution in [2.45, 2.75) is 30.7 Å². The third-order valence-electron chi connectivity index (χ3n) is 3.30. The number of hydrogen-bond donors (Lipinski definition) is 2. The number of aryl methyl sites for hydroxylation is 1. The van der Waals surface area contributed by atoms with Crippen molar-refractivity contribution >= 4 is 27.3 Å². The van der Waals surface area contributed by atoms with E-state index in [4.69, 9.17) is 10.9 Å². The Hall–Kier alpha value is -0.960. The van der Waals surface area contributed by atoms with Gasteiger partial charge in [-0.2, -0.15) is 0 Å². The Morgan fingerprint density at radius 3 is 2.79 bits per heavy atom. The van der Waals surface area contributed by atoms with Crippen molar-refractivity contribution in [2.75, 3.05) is 13.1 Å². The zero-order valence-corrected chi connectivity index (χ0v) is 12.3. The van der Waals surface area contributed by atoms with Gasteiger partial charge in [-0.25, -0.2) is 13.6 Å². The summed E-state index contributed by atoms with van der Waals surface area (Å²) in [5, 5.41) is 5.11. The summed E-state index contributed by atoms with van der Waals surface area (Å²) in [4.78, 5) is 15.0. The Balaban J connectivity index is 2.30. The maximum absolute atomic E-state index is 12.4. The number of hydrogen-bond acceptors (Lipinski definition) is 5. The molecule has 1 amide bonds. The van der Waals surface area contributed by atoms with Crippen molar-refractivity contribution in [1.82, 2.24) is 4.90 Å². The summed E-state index contributed by atoms with van der Waals surface area (Å²) in [6.07, 6.45) is 1.83. The van der Waals surface area contributed by atoms with E-state index in [0.717, 1.165) is 24.2 Å². The number of carbonyl (C=O) groups is 1. The van der Waals surface area contributed by atoms with Gasteiger partial charge in [0, 0.05) is 24.0 Å². The molecule has 0 unspecified atom stereocenters. The first-order chi connectivity index (χ1) is 8.84. The highest BCUT2D eigenvalue weighted by molar-refractivity contribution is 7.89. The van der Waals surface area contributed by atoms with E-state index in [1.54, 1.807) is 11.8 Å². The summed E-state index contributed by atoms with van der Waals surface area (Å²) in [7, 11) is -3.77. The predicted octanol–water partition coefficient (Wildman–Crippen LogP) is 0.267. The van der Waals surface area contributed by atoms with Gasteiger partial charge in [-0.3, -0.25) is 4.79 Å². The summed E-state index contributed by atoms with van der Waals surface area (Å²) >= 11 is 1.16. The standard InChI is InChI=1S/C11H17N3O3S2/c1-7-10(19(13,16)17)5-9(18-7)11(15)14-4-2-3-8(14)6-12/h5,8H,2-4,6,12H2,1H3,(H2,13,16,17)/t8-/m0/s1. The number of rotatable bonds is 3. The van der Waals surface area contributed by atoms with Gasteiger partial charge in [0.2, 0.25) is 10.0 Å². The quantitative estimate of drug-likeness (QED) is 0.835. The number of thiophene rings is 1. The van der Waals surface area contributed by atoms with Crippen LogP contribution >= 0.6 is 11.3 Å². The van der Waals surface area contributed by atoms with Crippen LogP contribution in [-0.2, 0) is 10.0 Å². The van der Waals surface area contributed by atoms with Gasteiger partial charge < -0.3 is 10.6 Å². The largest absolute Gasteiger partial charge is 0.334 e. The second-order valence-corrected chi connectivity index (χ2v) is 7.39. The van der Waals surface area contributed by atoms with Gasteiger partial charge in [0.1, 0.15) is 0 Å². The Labute approximate surface area is 116 Å². The SMILES string of the molecule is Cc1sc(C(=O)N2CCC[C@H]2CN)cc1S(N)(=O)=O. The normalized spacial score (nSPS) is 19.9. The van der Waals surface area contributed by atoms with Gasteiger partial charge in [-0.15, -0.1) is 11.3 Å². The van der Waals surface area contributed by atoms with E-state index in [0.29, 0.717) is 22.8 Å². The molecule has 0 bridgehead atoms. The van der Waals surface area contributed by atoms with Gasteiger partial charge in [0.25, 0.3) is 5.91 Å². The Morgan fingerprint density at radius 1 is 1.58 bits per heavy atom. The first-order valence-electron chi connectivity index (χ1n) is 5.99. The zero-order chi connectivity index (χ0) is 14.2. The van der Waals surface area contributed by atoms with Crippen LogP contribution in [0.4, 0.5) is 0 Å². The topological polar surface area (TPSA) is 106 Å². The van der Waals surface area contributed by atoms with Crippen LogP contribution in [0.5, 0.6) is 0 Å². The van der Waals surface area contributed by atoms with E-state index in [2.05, 4.69) is 0 Å². The zero-order valence-electron chi connectivity index (χ0n) is 10.6. The molecule has 8 heteroatoms. The molecule has 1 atom stereocenters. The molecule has 1 aromatic heterocycles. The van der Waals surface area contributed by atoms with E-state index in [1.807, 2.05) is 0 Å². The van der Waals surface area contributed by atoms with Crippen molar-refractivity contribution in [3.8, 4) is 0 Å². The Bertz CT molecular complexity index is 594. The summed E-state index contributed by atoms with van der Waals surface area (Å²) in [6.45, 7) is 2.74. The maximum atomic E-state index is 12.4. The highest BCUT2D eigenvalue weighted by atomic mass is 32.2. The fourth-order valence-corrected chi connectivity index (χ4v) is 4.44. The minimum absolute atomic E-state index is 0.0318. The molecule has 1 aromatic rings. The first-order valence-corrected chi connectivity index (χ1v) is 8.35. The molecular weight excluding hydrogens is 286 g/mol. The van der Waals surface area contributed by atoms with E-state index in [9.17, 15) is 13.2 Å². The van der Waals surface area contributed by atoms with Crippen molar-refractivity contribution in [1.29, 1.82) is 0 Å². The number of sulfonamides is 1. The molecule has 1 saturated heterocycles. The third kappa shape index (κ3) is 2.81. The molecule has 106 valence electrons. The van der Waals surface area contributed by atoms with Crippen LogP contribution in [0.3, 0.4) is 0 Å². The Kier molecular flexibility index (Phi) is 3.95. The monoisotopic (exact) mass is 303 g/mol. The lowest BCUT2D eigenvalue weighted by Crippen LogP contribution is -2.39. The number of primary sulfonamides is 1. The number of nitrogens with zero attached hydrogens (tertiary/aromatic N) is 1. The van der Waals surface area contributed by atoms with Crippen LogP contribution in [0.2, 0.25) is 0 Å². The smallest absolute Gasteiger partial charge is 0.264 e.